The minimum atomic E-state index is -0.426. The third-order valence-electron chi connectivity index (χ3n) is 4.67. The molecule has 0 bridgehead atoms. The van der Waals surface area contributed by atoms with Crippen LogP contribution in [-0.4, -0.2) is 10.2 Å². The zero-order chi connectivity index (χ0) is 19.7. The van der Waals surface area contributed by atoms with Crippen LogP contribution in [0.2, 0.25) is 0 Å². The number of nitrogens with two attached hydrogens (primary N) is 1. The number of benzene rings is 2. The highest BCUT2D eigenvalue weighted by Crippen LogP contribution is 2.43. The Bertz CT molecular complexity index is 1110. The number of nitriles is 1. The van der Waals surface area contributed by atoms with E-state index < -0.39 is 5.92 Å². The molecule has 2 aromatic carbocycles. The number of rotatable bonds is 4. The van der Waals surface area contributed by atoms with Gasteiger partial charge in [0.1, 0.15) is 29.8 Å². The van der Waals surface area contributed by atoms with Crippen molar-refractivity contribution in [1.82, 2.24) is 10.2 Å². The van der Waals surface area contributed by atoms with Crippen LogP contribution in [-0.2, 0) is 6.61 Å². The number of halogens is 1. The molecule has 0 saturated carbocycles. The number of aryl methyl sites for hydroxylation is 1. The largest absolute Gasteiger partial charge is 0.489 e. The van der Waals surface area contributed by atoms with Crippen molar-refractivity contribution in [3.63, 3.8) is 0 Å². The third-order valence-corrected chi connectivity index (χ3v) is 4.67. The molecular weight excluding hydrogens is 359 g/mol. The molecule has 0 saturated heterocycles. The maximum Gasteiger partial charge on any atom is 0.244 e. The molecule has 28 heavy (non-hydrogen) atoms. The van der Waals surface area contributed by atoms with Gasteiger partial charge in [0.15, 0.2) is 0 Å². The van der Waals surface area contributed by atoms with Crippen molar-refractivity contribution in [2.24, 2.45) is 5.73 Å². The van der Waals surface area contributed by atoms with Crippen LogP contribution in [0.15, 0.2) is 60.0 Å². The number of hydrogen-bond donors (Lipinski definition) is 2. The van der Waals surface area contributed by atoms with E-state index in [9.17, 15) is 9.65 Å². The number of allylic oxidation sites excluding steroid dienone is 1. The van der Waals surface area contributed by atoms with Crippen molar-refractivity contribution in [2.75, 3.05) is 0 Å². The van der Waals surface area contributed by atoms with Crippen molar-refractivity contribution >= 4 is 0 Å². The van der Waals surface area contributed by atoms with Crippen LogP contribution in [0.4, 0.5) is 4.39 Å². The highest BCUT2D eigenvalue weighted by Gasteiger charge is 2.34. The second kappa shape index (κ2) is 7.08. The monoisotopic (exact) mass is 376 g/mol. The van der Waals surface area contributed by atoms with Crippen molar-refractivity contribution in [3.8, 4) is 17.7 Å². The number of nitrogens with zero attached hydrogens (tertiary/aromatic N) is 2. The molecule has 2 heterocycles. The van der Waals surface area contributed by atoms with E-state index in [-0.39, 0.29) is 18.3 Å². The lowest BCUT2D eigenvalue weighted by Gasteiger charge is -2.24. The second-order valence-corrected chi connectivity index (χ2v) is 6.44. The molecule has 0 amide bonds. The minimum Gasteiger partial charge on any atom is -0.489 e. The zero-order valence-electron chi connectivity index (χ0n) is 15.1. The summed E-state index contributed by atoms with van der Waals surface area (Å²) in [5, 5.41) is 16.6. The van der Waals surface area contributed by atoms with Gasteiger partial charge in [-0.05, 0) is 30.7 Å². The summed E-state index contributed by atoms with van der Waals surface area (Å²) in [4.78, 5) is 0. The fourth-order valence-electron chi connectivity index (χ4n) is 3.29. The van der Waals surface area contributed by atoms with Gasteiger partial charge in [0.2, 0.25) is 11.8 Å². The Labute approximate surface area is 161 Å². The number of fused-ring (bicyclic) bond motifs is 1. The topological polar surface area (TPSA) is 97.0 Å². The van der Waals surface area contributed by atoms with Crippen molar-refractivity contribution in [3.05, 3.63) is 88.2 Å². The Morgan fingerprint density at radius 3 is 2.89 bits per heavy atom. The maximum atomic E-state index is 13.8. The molecular formula is C21H17FN4O2. The lowest BCUT2D eigenvalue weighted by atomic mass is 9.84. The van der Waals surface area contributed by atoms with Gasteiger partial charge in [0, 0.05) is 16.8 Å². The summed E-state index contributed by atoms with van der Waals surface area (Å²) in [5.74, 6) is 0.209. The molecule has 140 valence electrons. The maximum absolute atomic E-state index is 13.8. The Morgan fingerprint density at radius 2 is 2.11 bits per heavy atom. The molecule has 0 spiro atoms. The summed E-state index contributed by atoms with van der Waals surface area (Å²) < 4.78 is 25.1. The van der Waals surface area contributed by atoms with Gasteiger partial charge in [-0.15, -0.1) is 5.10 Å². The van der Waals surface area contributed by atoms with Crippen LogP contribution in [0.5, 0.6) is 11.6 Å². The van der Waals surface area contributed by atoms with Crippen LogP contribution in [0.1, 0.15) is 28.3 Å². The molecule has 1 atom stereocenters. The van der Waals surface area contributed by atoms with Gasteiger partial charge in [0.05, 0.1) is 5.92 Å². The Morgan fingerprint density at radius 1 is 1.29 bits per heavy atom. The van der Waals surface area contributed by atoms with Crippen LogP contribution in [0.25, 0.3) is 0 Å². The molecule has 6 nitrogen and oxygen atoms in total. The summed E-state index contributed by atoms with van der Waals surface area (Å²) in [5.41, 5.74) is 9.07. The molecule has 1 aromatic heterocycles. The second-order valence-electron chi connectivity index (χ2n) is 6.44. The van der Waals surface area contributed by atoms with Gasteiger partial charge in [-0.3, -0.25) is 5.10 Å². The van der Waals surface area contributed by atoms with E-state index in [0.717, 1.165) is 16.8 Å². The molecule has 3 N–H and O–H groups in total. The van der Waals surface area contributed by atoms with Gasteiger partial charge < -0.3 is 15.2 Å². The summed E-state index contributed by atoms with van der Waals surface area (Å²) >= 11 is 0. The SMILES string of the molecule is Cc1[nH]nc2c1C(c1cccc(OCc3ccccc3F)c1)C(C#N)=C(N)O2. The summed E-state index contributed by atoms with van der Waals surface area (Å²) in [6, 6.07) is 15.9. The van der Waals surface area contributed by atoms with E-state index in [0.29, 0.717) is 22.8 Å². The number of aromatic amines is 1. The third kappa shape index (κ3) is 3.05. The van der Waals surface area contributed by atoms with Gasteiger partial charge in [-0.25, -0.2) is 4.39 Å². The van der Waals surface area contributed by atoms with Crippen molar-refractivity contribution in [2.45, 2.75) is 19.4 Å². The predicted octanol–water partition coefficient (Wildman–Crippen LogP) is 3.65. The molecule has 0 radical (unpaired) electrons. The zero-order valence-corrected chi connectivity index (χ0v) is 15.1. The minimum absolute atomic E-state index is 0.0316. The van der Waals surface area contributed by atoms with Crippen LogP contribution >= 0.6 is 0 Å². The van der Waals surface area contributed by atoms with Gasteiger partial charge in [-0.2, -0.15) is 5.26 Å². The molecule has 1 aliphatic rings. The first-order valence-corrected chi connectivity index (χ1v) is 8.67. The first-order chi connectivity index (χ1) is 13.6. The molecule has 4 rings (SSSR count). The lowest BCUT2D eigenvalue weighted by molar-refractivity contribution is 0.299. The van der Waals surface area contributed by atoms with E-state index in [1.165, 1.54) is 6.07 Å². The van der Waals surface area contributed by atoms with Crippen LogP contribution in [0, 0.1) is 24.1 Å². The highest BCUT2D eigenvalue weighted by molar-refractivity contribution is 5.55. The molecule has 0 fully saturated rings. The van der Waals surface area contributed by atoms with Crippen molar-refractivity contribution < 1.29 is 13.9 Å². The predicted molar refractivity (Wildman–Crippen MR) is 99.8 cm³/mol. The standard InChI is InChI=1S/C21H17FN4O2/c1-12-18-19(16(10-23)20(24)28-21(18)26-25-12)13-6-4-7-15(9-13)27-11-14-5-2-3-8-17(14)22/h2-9,19H,11,24H2,1H3,(H,25,26). The molecule has 1 unspecified atom stereocenters. The number of hydrogen-bond acceptors (Lipinski definition) is 5. The first kappa shape index (κ1) is 17.6. The van der Waals surface area contributed by atoms with Crippen LogP contribution in [0.3, 0.4) is 0 Å². The van der Waals surface area contributed by atoms with Crippen LogP contribution < -0.4 is 15.2 Å². The number of ether oxygens (including phenoxy) is 2. The van der Waals surface area contributed by atoms with E-state index >= 15 is 0 Å². The van der Waals surface area contributed by atoms with Gasteiger partial charge >= 0.3 is 0 Å². The highest BCUT2D eigenvalue weighted by atomic mass is 19.1. The van der Waals surface area contributed by atoms with E-state index in [2.05, 4.69) is 16.3 Å². The Hall–Kier alpha value is -3.79. The average Bonchev–Trinajstić information content (AvgIpc) is 3.06. The summed E-state index contributed by atoms with van der Waals surface area (Å²) in [6.45, 7) is 1.96. The quantitative estimate of drug-likeness (QED) is 0.724. The van der Waals surface area contributed by atoms with Crippen molar-refractivity contribution in [1.29, 1.82) is 5.26 Å². The molecule has 0 aliphatic carbocycles. The number of H-pyrrole nitrogens is 1. The summed E-state index contributed by atoms with van der Waals surface area (Å²) in [7, 11) is 0. The normalized spacial score (nSPS) is 15.5. The Kier molecular flexibility index (Phi) is 4.45. The molecule has 1 aliphatic heterocycles. The number of aromatic nitrogens is 2. The fraction of sp³-hybridized carbons (Fsp3) is 0.143. The van der Waals surface area contributed by atoms with Gasteiger partial charge in [0.25, 0.3) is 0 Å². The van der Waals surface area contributed by atoms with E-state index in [1.54, 1.807) is 24.3 Å². The Balaban J connectivity index is 1.68. The molecule has 3 aromatic rings. The summed E-state index contributed by atoms with van der Waals surface area (Å²) in [6.07, 6.45) is 0. The smallest absolute Gasteiger partial charge is 0.244 e. The number of nitrogens with one attached hydrogen (secondary N) is 1. The average molecular weight is 376 g/mol. The van der Waals surface area contributed by atoms with E-state index in [1.807, 2.05) is 25.1 Å². The van der Waals surface area contributed by atoms with Gasteiger partial charge in [-0.1, -0.05) is 30.3 Å². The first-order valence-electron chi connectivity index (χ1n) is 8.67. The molecule has 7 heteroatoms. The lowest BCUT2D eigenvalue weighted by Crippen LogP contribution is -2.21. The fourth-order valence-corrected chi connectivity index (χ4v) is 3.29. The van der Waals surface area contributed by atoms with E-state index in [4.69, 9.17) is 15.2 Å².